The third-order valence-electron chi connectivity index (χ3n) is 4.19. The zero-order chi connectivity index (χ0) is 16.4. The number of aromatic amines is 1. The third-order valence-corrected chi connectivity index (χ3v) is 6.07. The van der Waals surface area contributed by atoms with Gasteiger partial charge in [-0.15, -0.1) is 0 Å². The van der Waals surface area contributed by atoms with Crippen molar-refractivity contribution in [2.75, 3.05) is 20.2 Å². The minimum atomic E-state index is -3.49. The predicted octanol–water partition coefficient (Wildman–Crippen LogP) is 2.30. The van der Waals surface area contributed by atoms with Gasteiger partial charge in [-0.05, 0) is 44.0 Å². The van der Waals surface area contributed by atoms with E-state index in [0.29, 0.717) is 23.7 Å². The molecule has 1 aromatic heterocycles. The number of aromatic nitrogens is 2. The maximum atomic E-state index is 12.8. The summed E-state index contributed by atoms with van der Waals surface area (Å²) >= 11 is 0. The van der Waals surface area contributed by atoms with Crippen LogP contribution in [-0.2, 0) is 10.0 Å². The molecule has 1 saturated heterocycles. The van der Waals surface area contributed by atoms with Gasteiger partial charge >= 0.3 is 0 Å². The fraction of sp³-hybridized carbons (Fsp3) is 0.438. The van der Waals surface area contributed by atoms with E-state index < -0.39 is 10.0 Å². The highest BCUT2D eigenvalue weighted by Crippen LogP contribution is 2.29. The van der Waals surface area contributed by atoms with Crippen LogP contribution < -0.4 is 4.74 Å². The highest BCUT2D eigenvalue weighted by Gasteiger charge is 2.31. The quantitative estimate of drug-likeness (QED) is 0.930. The minimum absolute atomic E-state index is 0.116. The molecule has 1 aliphatic heterocycles. The summed E-state index contributed by atoms with van der Waals surface area (Å²) in [5.41, 5.74) is 0.995. The van der Waals surface area contributed by atoms with Crippen LogP contribution >= 0.6 is 0 Å². The molecular formula is C16H21N3O3S. The molecule has 1 aliphatic rings. The molecule has 0 saturated carbocycles. The number of benzene rings is 1. The van der Waals surface area contributed by atoms with Crippen LogP contribution in [0.2, 0.25) is 0 Å². The number of nitrogens with zero attached hydrogens (tertiary/aromatic N) is 2. The molecular weight excluding hydrogens is 314 g/mol. The van der Waals surface area contributed by atoms with Crippen molar-refractivity contribution in [1.82, 2.24) is 14.3 Å². The van der Waals surface area contributed by atoms with Gasteiger partial charge in [0.2, 0.25) is 10.0 Å². The van der Waals surface area contributed by atoms with Crippen molar-refractivity contribution in [2.45, 2.75) is 30.6 Å². The molecule has 0 aliphatic carbocycles. The number of sulfonamides is 1. The van der Waals surface area contributed by atoms with Crippen LogP contribution in [0.4, 0.5) is 0 Å². The maximum absolute atomic E-state index is 12.8. The molecule has 1 fully saturated rings. The Kier molecular flexibility index (Phi) is 4.41. The summed E-state index contributed by atoms with van der Waals surface area (Å²) in [5, 5.41) is 0. The van der Waals surface area contributed by atoms with Gasteiger partial charge in [-0.1, -0.05) is 0 Å². The zero-order valence-corrected chi connectivity index (χ0v) is 14.1. The average molecular weight is 335 g/mol. The van der Waals surface area contributed by atoms with Gasteiger partial charge in [-0.25, -0.2) is 13.4 Å². The molecule has 2 heterocycles. The normalized spacial score (nSPS) is 19.7. The zero-order valence-electron chi connectivity index (χ0n) is 13.3. The number of ether oxygens (including phenoxy) is 1. The van der Waals surface area contributed by atoms with E-state index in [0.717, 1.165) is 24.4 Å². The van der Waals surface area contributed by atoms with Crippen LogP contribution in [0.5, 0.6) is 5.75 Å². The van der Waals surface area contributed by atoms with E-state index >= 15 is 0 Å². The van der Waals surface area contributed by atoms with Gasteiger partial charge in [0.15, 0.2) is 0 Å². The molecule has 1 unspecified atom stereocenters. The Morgan fingerprint density at radius 2 is 2.04 bits per heavy atom. The highest BCUT2D eigenvalue weighted by molar-refractivity contribution is 7.89. The van der Waals surface area contributed by atoms with Crippen LogP contribution in [0.3, 0.4) is 0 Å². The van der Waals surface area contributed by atoms with Gasteiger partial charge in [0.25, 0.3) is 0 Å². The van der Waals surface area contributed by atoms with Crippen molar-refractivity contribution in [3.63, 3.8) is 0 Å². The van der Waals surface area contributed by atoms with Crippen molar-refractivity contribution < 1.29 is 13.2 Å². The summed E-state index contributed by atoms with van der Waals surface area (Å²) in [7, 11) is -1.93. The fourth-order valence-corrected chi connectivity index (χ4v) is 4.44. The van der Waals surface area contributed by atoms with Crippen LogP contribution in [-0.4, -0.2) is 42.9 Å². The van der Waals surface area contributed by atoms with Crippen LogP contribution in [0.1, 0.15) is 30.3 Å². The summed E-state index contributed by atoms with van der Waals surface area (Å²) in [6.07, 6.45) is 3.56. The molecule has 1 N–H and O–H groups in total. The molecule has 0 radical (unpaired) electrons. The molecule has 1 atom stereocenters. The van der Waals surface area contributed by atoms with Gasteiger partial charge in [0, 0.05) is 30.9 Å². The third kappa shape index (κ3) is 3.25. The predicted molar refractivity (Wildman–Crippen MR) is 87.1 cm³/mol. The van der Waals surface area contributed by atoms with Gasteiger partial charge in [0.05, 0.1) is 12.0 Å². The van der Waals surface area contributed by atoms with Gasteiger partial charge in [-0.3, -0.25) is 0 Å². The summed E-state index contributed by atoms with van der Waals surface area (Å²) in [4.78, 5) is 7.88. The average Bonchev–Trinajstić information content (AvgIpc) is 3.01. The minimum Gasteiger partial charge on any atom is -0.497 e. The van der Waals surface area contributed by atoms with Crippen molar-refractivity contribution in [3.05, 3.63) is 42.0 Å². The Morgan fingerprint density at radius 1 is 1.30 bits per heavy atom. The molecule has 1 aromatic carbocycles. The molecule has 0 bridgehead atoms. The number of rotatable bonds is 4. The van der Waals surface area contributed by atoms with E-state index in [2.05, 4.69) is 9.97 Å². The largest absolute Gasteiger partial charge is 0.497 e. The van der Waals surface area contributed by atoms with Gasteiger partial charge < -0.3 is 9.72 Å². The summed E-state index contributed by atoms with van der Waals surface area (Å²) in [6.45, 7) is 2.96. The Morgan fingerprint density at radius 3 is 2.65 bits per heavy atom. The van der Waals surface area contributed by atoms with Crippen LogP contribution in [0.15, 0.2) is 35.4 Å². The lowest BCUT2D eigenvalue weighted by Crippen LogP contribution is -2.39. The molecule has 0 spiro atoms. The van der Waals surface area contributed by atoms with Crippen LogP contribution in [0, 0.1) is 6.92 Å². The summed E-state index contributed by atoms with van der Waals surface area (Å²) in [5.74, 6) is 1.63. The Labute approximate surface area is 136 Å². The fourth-order valence-electron chi connectivity index (χ4n) is 2.92. The lowest BCUT2D eigenvalue weighted by atomic mass is 9.99. The standard InChI is InChI=1S/C16H21N3O3S/c1-12-10-17-16(18-12)13-4-3-9-19(11-13)23(20,21)15-7-5-14(22-2)6-8-15/h5-8,10,13H,3-4,9,11H2,1-2H3,(H,17,18). The molecule has 124 valence electrons. The highest BCUT2D eigenvalue weighted by atomic mass is 32.2. The Bertz CT molecular complexity index is 768. The maximum Gasteiger partial charge on any atom is 0.243 e. The van der Waals surface area contributed by atoms with E-state index in [1.165, 1.54) is 0 Å². The monoisotopic (exact) mass is 335 g/mol. The van der Waals surface area contributed by atoms with Crippen molar-refractivity contribution in [3.8, 4) is 5.75 Å². The molecule has 2 aromatic rings. The Balaban J connectivity index is 1.81. The molecule has 6 nitrogen and oxygen atoms in total. The van der Waals surface area contributed by atoms with E-state index in [-0.39, 0.29) is 5.92 Å². The van der Waals surface area contributed by atoms with E-state index in [1.807, 2.05) is 6.92 Å². The first kappa shape index (κ1) is 16.0. The number of nitrogens with one attached hydrogen (secondary N) is 1. The number of imidazole rings is 1. The molecule has 7 heteroatoms. The first-order chi connectivity index (χ1) is 11.0. The number of hydrogen-bond acceptors (Lipinski definition) is 4. The Hall–Kier alpha value is -1.86. The smallest absolute Gasteiger partial charge is 0.243 e. The lowest BCUT2D eigenvalue weighted by Gasteiger charge is -2.31. The first-order valence-electron chi connectivity index (χ1n) is 7.66. The van der Waals surface area contributed by atoms with Crippen molar-refractivity contribution in [1.29, 1.82) is 0 Å². The SMILES string of the molecule is COc1ccc(S(=O)(=O)N2CCCC(c3ncc(C)[nH]3)C2)cc1. The number of hydrogen-bond donors (Lipinski definition) is 1. The first-order valence-corrected chi connectivity index (χ1v) is 9.10. The van der Waals surface area contributed by atoms with Crippen molar-refractivity contribution in [2.24, 2.45) is 0 Å². The van der Waals surface area contributed by atoms with Gasteiger partial charge in [-0.2, -0.15) is 4.31 Å². The van der Waals surface area contributed by atoms with E-state index in [4.69, 9.17) is 4.74 Å². The lowest BCUT2D eigenvalue weighted by molar-refractivity contribution is 0.310. The van der Waals surface area contributed by atoms with Crippen molar-refractivity contribution >= 4 is 10.0 Å². The van der Waals surface area contributed by atoms with Crippen LogP contribution in [0.25, 0.3) is 0 Å². The second-order valence-electron chi connectivity index (χ2n) is 5.83. The second kappa shape index (κ2) is 6.33. The number of methoxy groups -OCH3 is 1. The second-order valence-corrected chi connectivity index (χ2v) is 7.77. The number of aryl methyl sites for hydroxylation is 1. The topological polar surface area (TPSA) is 75.3 Å². The van der Waals surface area contributed by atoms with Gasteiger partial charge in [0.1, 0.15) is 11.6 Å². The van der Waals surface area contributed by atoms with E-state index in [1.54, 1.807) is 41.9 Å². The molecule has 23 heavy (non-hydrogen) atoms. The molecule has 3 rings (SSSR count). The summed E-state index contributed by atoms with van der Waals surface area (Å²) in [6, 6.07) is 6.53. The number of piperidine rings is 1. The molecule has 0 amide bonds. The number of H-pyrrole nitrogens is 1. The summed E-state index contributed by atoms with van der Waals surface area (Å²) < 4.78 is 32.3. The van der Waals surface area contributed by atoms with E-state index in [9.17, 15) is 8.42 Å².